The van der Waals surface area contributed by atoms with Crippen molar-refractivity contribution in [2.75, 3.05) is 5.73 Å². The molecular weight excluding hydrogens is 260 g/mol. The number of nitrogens with two attached hydrogens (primary N) is 1. The molecule has 0 amide bonds. The van der Waals surface area contributed by atoms with Gasteiger partial charge in [0, 0.05) is 23.3 Å². The Labute approximate surface area is 121 Å². The van der Waals surface area contributed by atoms with Crippen LogP contribution in [-0.4, -0.2) is 14.4 Å². The first-order valence-electron chi connectivity index (χ1n) is 6.82. The molecule has 0 unspecified atom stereocenters. The Kier molecular flexibility index (Phi) is 2.44. The van der Waals surface area contributed by atoms with E-state index in [9.17, 15) is 0 Å². The van der Waals surface area contributed by atoms with Gasteiger partial charge < -0.3 is 5.73 Å². The van der Waals surface area contributed by atoms with E-state index in [-0.39, 0.29) is 0 Å². The first-order chi connectivity index (χ1) is 10.2. The molecule has 21 heavy (non-hydrogen) atoms. The minimum absolute atomic E-state index is 0.645. The van der Waals surface area contributed by atoms with Crippen LogP contribution in [-0.2, 0) is 0 Å². The minimum atomic E-state index is 0.645. The van der Waals surface area contributed by atoms with Gasteiger partial charge in [0.15, 0.2) is 0 Å². The molecule has 0 aliphatic carbocycles. The summed E-state index contributed by atoms with van der Waals surface area (Å²) in [7, 11) is 0. The number of aromatic nitrogens is 3. The van der Waals surface area contributed by atoms with Gasteiger partial charge in [0.1, 0.15) is 17.2 Å². The Morgan fingerprint density at radius 2 is 1.90 bits per heavy atom. The highest BCUT2D eigenvalue weighted by Crippen LogP contribution is 2.31. The molecule has 4 heteroatoms. The average Bonchev–Trinajstić information content (AvgIpc) is 2.83. The van der Waals surface area contributed by atoms with Gasteiger partial charge in [-0.15, -0.1) is 0 Å². The van der Waals surface area contributed by atoms with E-state index in [1.54, 1.807) is 6.20 Å². The molecule has 0 bridgehead atoms. The number of rotatable bonds is 1. The van der Waals surface area contributed by atoms with Gasteiger partial charge in [-0.25, -0.2) is 4.98 Å². The van der Waals surface area contributed by atoms with Gasteiger partial charge in [-0.3, -0.25) is 9.38 Å². The number of hydrogen-bond donors (Lipinski definition) is 1. The highest BCUT2D eigenvalue weighted by molar-refractivity contribution is 5.95. The molecule has 0 spiro atoms. The van der Waals surface area contributed by atoms with E-state index in [2.05, 4.69) is 9.97 Å². The summed E-state index contributed by atoms with van der Waals surface area (Å²) < 4.78 is 1.92. The van der Waals surface area contributed by atoms with Gasteiger partial charge >= 0.3 is 0 Å². The number of imidazole rings is 1. The second-order valence-corrected chi connectivity index (χ2v) is 5.16. The molecular formula is C17H14N4. The van der Waals surface area contributed by atoms with Crippen LogP contribution in [0.25, 0.3) is 27.8 Å². The molecule has 102 valence electrons. The highest BCUT2D eigenvalue weighted by atomic mass is 15.1. The molecule has 0 radical (unpaired) electrons. The van der Waals surface area contributed by atoms with E-state index in [4.69, 9.17) is 5.73 Å². The van der Waals surface area contributed by atoms with Gasteiger partial charge in [0.25, 0.3) is 0 Å². The van der Waals surface area contributed by atoms with Crippen LogP contribution in [0, 0.1) is 6.92 Å². The standard InChI is InChI=1S/C17H14N4/c1-11-7-8-14-20-16(17(18)21(14)10-11)13-6-2-4-12-5-3-9-19-15(12)13/h2-10H,18H2,1H3. The number of hydrogen-bond acceptors (Lipinski definition) is 3. The Morgan fingerprint density at radius 3 is 2.81 bits per heavy atom. The van der Waals surface area contributed by atoms with Crippen molar-refractivity contribution in [2.45, 2.75) is 6.92 Å². The van der Waals surface area contributed by atoms with E-state index < -0.39 is 0 Å². The van der Waals surface area contributed by atoms with Crippen LogP contribution in [0.4, 0.5) is 5.82 Å². The molecule has 1 aromatic carbocycles. The normalized spacial score (nSPS) is 11.3. The van der Waals surface area contributed by atoms with E-state index in [0.29, 0.717) is 5.82 Å². The molecule has 0 fully saturated rings. The third-order valence-electron chi connectivity index (χ3n) is 3.69. The van der Waals surface area contributed by atoms with Gasteiger partial charge in [-0.1, -0.05) is 30.3 Å². The van der Waals surface area contributed by atoms with Crippen LogP contribution in [0.3, 0.4) is 0 Å². The summed E-state index contributed by atoms with van der Waals surface area (Å²) in [5, 5.41) is 1.09. The number of aryl methyl sites for hydroxylation is 1. The lowest BCUT2D eigenvalue weighted by molar-refractivity contribution is 1.16. The maximum absolute atomic E-state index is 6.30. The summed E-state index contributed by atoms with van der Waals surface area (Å²) in [6.45, 7) is 2.04. The Hall–Kier alpha value is -2.88. The van der Waals surface area contributed by atoms with Gasteiger partial charge in [-0.2, -0.15) is 0 Å². The van der Waals surface area contributed by atoms with Gasteiger partial charge in [-0.05, 0) is 24.6 Å². The van der Waals surface area contributed by atoms with E-state index in [1.165, 1.54) is 0 Å². The largest absolute Gasteiger partial charge is 0.383 e. The van der Waals surface area contributed by atoms with Crippen molar-refractivity contribution in [3.8, 4) is 11.3 Å². The molecule has 4 nitrogen and oxygen atoms in total. The number of nitrogen functional groups attached to an aromatic ring is 1. The van der Waals surface area contributed by atoms with Crippen molar-refractivity contribution in [1.82, 2.24) is 14.4 Å². The topological polar surface area (TPSA) is 56.2 Å². The van der Waals surface area contributed by atoms with Crippen molar-refractivity contribution in [3.05, 3.63) is 60.4 Å². The molecule has 0 aliphatic heterocycles. The van der Waals surface area contributed by atoms with E-state index in [1.807, 2.05) is 60.0 Å². The fraction of sp³-hybridized carbons (Fsp3) is 0.0588. The second kappa shape index (κ2) is 4.31. The molecule has 2 N–H and O–H groups in total. The molecule has 0 saturated carbocycles. The fourth-order valence-electron chi connectivity index (χ4n) is 2.66. The van der Waals surface area contributed by atoms with Crippen LogP contribution < -0.4 is 5.73 Å². The first-order valence-corrected chi connectivity index (χ1v) is 6.82. The van der Waals surface area contributed by atoms with Crippen LogP contribution in [0.1, 0.15) is 5.56 Å². The number of anilines is 1. The fourth-order valence-corrected chi connectivity index (χ4v) is 2.66. The Balaban J connectivity index is 2.07. The number of nitrogens with zero attached hydrogens (tertiary/aromatic N) is 3. The van der Waals surface area contributed by atoms with Crippen LogP contribution in [0.15, 0.2) is 54.9 Å². The zero-order valence-electron chi connectivity index (χ0n) is 11.6. The van der Waals surface area contributed by atoms with Crippen LogP contribution >= 0.6 is 0 Å². The first kappa shape index (κ1) is 11.9. The maximum atomic E-state index is 6.30. The van der Waals surface area contributed by atoms with Crippen molar-refractivity contribution in [3.63, 3.8) is 0 Å². The van der Waals surface area contributed by atoms with Crippen LogP contribution in [0.5, 0.6) is 0 Å². The predicted octanol–water partition coefficient (Wildman–Crippen LogP) is 3.44. The lowest BCUT2D eigenvalue weighted by Crippen LogP contribution is -1.95. The number of fused-ring (bicyclic) bond motifs is 2. The van der Waals surface area contributed by atoms with Crippen molar-refractivity contribution in [1.29, 1.82) is 0 Å². The zero-order chi connectivity index (χ0) is 14.4. The molecule has 3 heterocycles. The molecule has 0 aliphatic rings. The molecule has 0 atom stereocenters. The third-order valence-corrected chi connectivity index (χ3v) is 3.69. The third kappa shape index (κ3) is 1.76. The number of pyridine rings is 2. The summed E-state index contributed by atoms with van der Waals surface area (Å²) in [6.07, 6.45) is 3.79. The molecule has 3 aromatic heterocycles. The zero-order valence-corrected chi connectivity index (χ0v) is 11.6. The summed E-state index contributed by atoms with van der Waals surface area (Å²) in [5.41, 5.74) is 11.0. The van der Waals surface area contributed by atoms with Crippen LogP contribution in [0.2, 0.25) is 0 Å². The maximum Gasteiger partial charge on any atom is 0.139 e. The summed E-state index contributed by atoms with van der Waals surface area (Å²) in [6, 6.07) is 14.1. The molecule has 0 saturated heterocycles. The number of para-hydroxylation sites is 1. The van der Waals surface area contributed by atoms with Crippen molar-refractivity contribution >= 4 is 22.4 Å². The molecule has 4 rings (SSSR count). The quantitative estimate of drug-likeness (QED) is 0.578. The Bertz CT molecular complexity index is 964. The van der Waals surface area contributed by atoms with Gasteiger partial charge in [0.05, 0.1) is 5.52 Å². The summed E-state index contributed by atoms with van der Waals surface area (Å²) in [5.74, 6) is 0.645. The Morgan fingerprint density at radius 1 is 1.05 bits per heavy atom. The van der Waals surface area contributed by atoms with E-state index in [0.717, 1.165) is 33.4 Å². The molecule has 4 aromatic rings. The minimum Gasteiger partial charge on any atom is -0.383 e. The van der Waals surface area contributed by atoms with Crippen molar-refractivity contribution < 1.29 is 0 Å². The smallest absolute Gasteiger partial charge is 0.139 e. The summed E-state index contributed by atoms with van der Waals surface area (Å²) in [4.78, 5) is 9.15. The predicted molar refractivity (Wildman–Crippen MR) is 85.1 cm³/mol. The lowest BCUT2D eigenvalue weighted by atomic mass is 10.1. The average molecular weight is 274 g/mol. The highest BCUT2D eigenvalue weighted by Gasteiger charge is 2.14. The summed E-state index contributed by atoms with van der Waals surface area (Å²) >= 11 is 0. The SMILES string of the molecule is Cc1ccc2nc(-c3cccc4cccnc34)c(N)n2c1. The van der Waals surface area contributed by atoms with Crippen molar-refractivity contribution in [2.24, 2.45) is 0 Å². The van der Waals surface area contributed by atoms with Gasteiger partial charge in [0.2, 0.25) is 0 Å². The monoisotopic (exact) mass is 274 g/mol. The number of benzene rings is 1. The second-order valence-electron chi connectivity index (χ2n) is 5.16. The van der Waals surface area contributed by atoms with E-state index >= 15 is 0 Å². The lowest BCUT2D eigenvalue weighted by Gasteiger charge is -2.04.